The lowest BCUT2D eigenvalue weighted by Crippen LogP contribution is -2.60. The molecule has 1 aliphatic rings. The molecule has 1 fully saturated rings. The lowest BCUT2D eigenvalue weighted by molar-refractivity contribution is -0.0672. The summed E-state index contributed by atoms with van der Waals surface area (Å²) >= 11 is 0. The van der Waals surface area contributed by atoms with Gasteiger partial charge in [0, 0.05) is 23.9 Å². The Morgan fingerprint density at radius 3 is 1.72 bits per heavy atom. The van der Waals surface area contributed by atoms with Gasteiger partial charge in [-0.15, -0.1) is 0 Å². The molecule has 29 heavy (non-hydrogen) atoms. The average molecular weight is 444 g/mol. The van der Waals surface area contributed by atoms with E-state index in [2.05, 4.69) is 4.90 Å². The molecule has 0 unspecified atom stereocenters. The van der Waals surface area contributed by atoms with Crippen molar-refractivity contribution in [1.82, 2.24) is 9.62 Å². The lowest BCUT2D eigenvalue weighted by Gasteiger charge is -2.53. The number of halogens is 5. The van der Waals surface area contributed by atoms with Gasteiger partial charge in [0.2, 0.25) is 5.82 Å². The number of rotatable bonds is 3. The molecule has 0 radical (unpaired) electrons. The first-order chi connectivity index (χ1) is 13.0. The Bertz CT molecular complexity index is 903. The molecule has 6 nitrogen and oxygen atoms in total. The number of amides is 1. The second-order valence-corrected chi connectivity index (χ2v) is 9.74. The third-order valence-electron chi connectivity index (χ3n) is 5.20. The summed E-state index contributed by atoms with van der Waals surface area (Å²) in [6.45, 7) is 7.53. The Hall–Kier alpha value is -1.95. The maximum atomic E-state index is 13.8. The van der Waals surface area contributed by atoms with Crippen LogP contribution in [0, 0.1) is 29.1 Å². The fraction of sp³-hybridized carbons (Fsp3) is 0.588. The molecule has 0 aromatic heterocycles. The van der Waals surface area contributed by atoms with Gasteiger partial charge in [0.05, 0.1) is 0 Å². The summed E-state index contributed by atoms with van der Waals surface area (Å²) in [7, 11) is -3.55. The Morgan fingerprint density at radius 1 is 0.931 bits per heavy atom. The van der Waals surface area contributed by atoms with Crippen LogP contribution in [0.25, 0.3) is 0 Å². The molecule has 0 saturated carbocycles. The van der Waals surface area contributed by atoms with E-state index in [0.717, 1.165) is 0 Å². The van der Waals surface area contributed by atoms with Gasteiger partial charge in [-0.1, -0.05) is 0 Å². The number of likely N-dealkylation sites (tertiary alicyclic amines) is 1. The lowest BCUT2D eigenvalue weighted by atomic mass is 9.79. The van der Waals surface area contributed by atoms with Gasteiger partial charge in [-0.2, -0.15) is 0 Å². The summed E-state index contributed by atoms with van der Waals surface area (Å²) in [5, 5.41) is 0. The number of carbonyl (C=O) groups is 1. The van der Waals surface area contributed by atoms with Gasteiger partial charge in [0.15, 0.2) is 28.2 Å². The highest BCUT2D eigenvalue weighted by Crippen LogP contribution is 2.38. The third kappa shape index (κ3) is 4.32. The normalized spacial score (nSPS) is 19.8. The standard InChI is InChI=1S/C17H21F5N2O4S/c1-16(2)6-8(7-17(3,4)24(16)5)28-15(25)23-29(26,27)14-12(21)10(19)9(18)11(20)13(14)22/h8H,6-7H2,1-5H3,(H,23,25). The summed E-state index contributed by atoms with van der Waals surface area (Å²) in [6, 6.07) is 0. The number of nitrogens with one attached hydrogen (secondary N) is 1. The van der Waals surface area contributed by atoms with Gasteiger partial charge in [0.1, 0.15) is 6.10 Å². The molecule has 1 aromatic rings. The fourth-order valence-corrected chi connectivity index (χ4v) is 4.54. The molecule has 0 bridgehead atoms. The second kappa shape index (κ2) is 7.38. The number of benzene rings is 1. The number of carbonyl (C=O) groups excluding carboxylic acids is 1. The summed E-state index contributed by atoms with van der Waals surface area (Å²) < 4.78 is 97.6. The van der Waals surface area contributed by atoms with Crippen LogP contribution in [0.3, 0.4) is 0 Å². The smallest absolute Gasteiger partial charge is 0.421 e. The summed E-state index contributed by atoms with van der Waals surface area (Å²) in [5.41, 5.74) is -0.847. The molecule has 2 rings (SSSR count). The minimum Gasteiger partial charge on any atom is -0.445 e. The van der Waals surface area contributed by atoms with E-state index in [1.54, 1.807) is 0 Å². The predicted molar refractivity (Wildman–Crippen MR) is 92.0 cm³/mol. The van der Waals surface area contributed by atoms with E-state index >= 15 is 0 Å². The van der Waals surface area contributed by atoms with Crippen LogP contribution in [-0.4, -0.2) is 43.6 Å². The molecule has 1 heterocycles. The van der Waals surface area contributed by atoms with Gasteiger partial charge >= 0.3 is 6.09 Å². The van der Waals surface area contributed by atoms with Crippen molar-refractivity contribution in [3.8, 4) is 0 Å². The van der Waals surface area contributed by atoms with E-state index in [1.165, 1.54) is 4.72 Å². The zero-order valence-electron chi connectivity index (χ0n) is 16.4. The summed E-state index contributed by atoms with van der Waals surface area (Å²) in [5.74, 6) is -12.6. The molecule has 1 amide bonds. The molecule has 0 atom stereocenters. The molecule has 164 valence electrons. The fourth-order valence-electron chi connectivity index (χ4n) is 3.52. The first kappa shape index (κ1) is 23.3. The maximum Gasteiger partial charge on any atom is 0.421 e. The van der Waals surface area contributed by atoms with Crippen molar-refractivity contribution in [2.24, 2.45) is 0 Å². The van der Waals surface area contributed by atoms with Crippen molar-refractivity contribution in [2.45, 2.75) is 62.6 Å². The zero-order valence-corrected chi connectivity index (χ0v) is 17.2. The molecular formula is C17H21F5N2O4S. The number of sulfonamides is 1. The molecular weight excluding hydrogens is 423 g/mol. The Morgan fingerprint density at radius 2 is 1.31 bits per heavy atom. The van der Waals surface area contributed by atoms with Crippen LogP contribution in [0.5, 0.6) is 0 Å². The van der Waals surface area contributed by atoms with E-state index in [9.17, 15) is 35.2 Å². The van der Waals surface area contributed by atoms with E-state index in [-0.39, 0.29) is 0 Å². The maximum absolute atomic E-state index is 13.8. The molecule has 1 aromatic carbocycles. The van der Waals surface area contributed by atoms with Crippen molar-refractivity contribution in [1.29, 1.82) is 0 Å². The Balaban J connectivity index is 2.26. The molecule has 12 heteroatoms. The first-order valence-corrected chi connectivity index (χ1v) is 9.98. The Kier molecular flexibility index (Phi) is 5.94. The number of nitrogens with zero attached hydrogens (tertiary/aromatic N) is 1. The Labute approximate surface area is 165 Å². The largest absolute Gasteiger partial charge is 0.445 e. The van der Waals surface area contributed by atoms with E-state index in [0.29, 0.717) is 12.8 Å². The SMILES string of the molecule is CN1C(C)(C)CC(OC(=O)NS(=O)(=O)c2c(F)c(F)c(F)c(F)c2F)CC1(C)C. The zero-order chi connectivity index (χ0) is 22.5. The van der Waals surface area contributed by atoms with Crippen LogP contribution in [0.2, 0.25) is 0 Å². The highest BCUT2D eigenvalue weighted by Gasteiger charge is 2.45. The minimum atomic E-state index is -5.43. The highest BCUT2D eigenvalue weighted by molar-refractivity contribution is 7.90. The summed E-state index contributed by atoms with van der Waals surface area (Å²) in [6.07, 6.45) is -1.69. The number of piperidine rings is 1. The van der Waals surface area contributed by atoms with E-state index in [1.807, 2.05) is 34.7 Å². The van der Waals surface area contributed by atoms with Crippen molar-refractivity contribution >= 4 is 16.1 Å². The quantitative estimate of drug-likeness (QED) is 0.439. The van der Waals surface area contributed by atoms with E-state index in [4.69, 9.17) is 4.74 Å². The molecule has 1 saturated heterocycles. The van der Waals surface area contributed by atoms with Crippen LogP contribution in [0.15, 0.2) is 4.90 Å². The molecule has 0 aliphatic carbocycles. The first-order valence-electron chi connectivity index (χ1n) is 8.50. The van der Waals surface area contributed by atoms with Gasteiger partial charge in [-0.25, -0.2) is 39.9 Å². The minimum absolute atomic E-state index is 0.322. The van der Waals surface area contributed by atoms with Crippen LogP contribution in [0.4, 0.5) is 26.7 Å². The topological polar surface area (TPSA) is 75.7 Å². The molecule has 1 aliphatic heterocycles. The average Bonchev–Trinajstić information content (AvgIpc) is 2.54. The van der Waals surface area contributed by atoms with Gasteiger partial charge in [-0.3, -0.25) is 4.90 Å². The van der Waals surface area contributed by atoms with Gasteiger partial charge in [0.25, 0.3) is 10.0 Å². The summed E-state index contributed by atoms with van der Waals surface area (Å²) in [4.78, 5) is 11.9. The van der Waals surface area contributed by atoms with Gasteiger partial charge in [-0.05, 0) is 34.7 Å². The third-order valence-corrected chi connectivity index (χ3v) is 6.53. The number of ether oxygens (including phenoxy) is 1. The van der Waals surface area contributed by atoms with Crippen molar-refractivity contribution < 1.29 is 39.9 Å². The van der Waals surface area contributed by atoms with Crippen molar-refractivity contribution in [3.63, 3.8) is 0 Å². The second-order valence-electron chi connectivity index (χ2n) is 8.12. The van der Waals surface area contributed by atoms with Crippen LogP contribution in [-0.2, 0) is 14.8 Å². The van der Waals surface area contributed by atoms with Crippen LogP contribution in [0.1, 0.15) is 40.5 Å². The molecule has 1 N–H and O–H groups in total. The number of hydrogen-bond acceptors (Lipinski definition) is 5. The van der Waals surface area contributed by atoms with E-state index < -0.39 is 67.3 Å². The van der Waals surface area contributed by atoms with Crippen LogP contribution < -0.4 is 4.72 Å². The monoisotopic (exact) mass is 444 g/mol. The number of hydrogen-bond donors (Lipinski definition) is 1. The van der Waals surface area contributed by atoms with Crippen LogP contribution >= 0.6 is 0 Å². The van der Waals surface area contributed by atoms with Gasteiger partial charge < -0.3 is 4.74 Å². The molecule has 0 spiro atoms. The van der Waals surface area contributed by atoms with Crippen molar-refractivity contribution in [2.75, 3.05) is 7.05 Å². The highest BCUT2D eigenvalue weighted by atomic mass is 32.2. The van der Waals surface area contributed by atoms with Crippen molar-refractivity contribution in [3.05, 3.63) is 29.1 Å². The predicted octanol–water partition coefficient (Wildman–Crippen LogP) is 3.45.